The molecule has 3 heterocycles. The zero-order chi connectivity index (χ0) is 33.2. The molecule has 0 radical (unpaired) electrons. The molecule has 0 saturated carbocycles. The van der Waals surface area contributed by atoms with Crippen LogP contribution >= 0.6 is 0 Å². The Hall–Kier alpha value is -5.03. The van der Waals surface area contributed by atoms with Crippen molar-refractivity contribution in [3.8, 4) is 11.1 Å². The lowest BCUT2D eigenvalue weighted by atomic mass is 9.83. The third-order valence-corrected chi connectivity index (χ3v) is 11.5. The van der Waals surface area contributed by atoms with Crippen LogP contribution in [0.25, 0.3) is 59.8 Å². The van der Waals surface area contributed by atoms with E-state index in [2.05, 4.69) is 105 Å². The van der Waals surface area contributed by atoms with Gasteiger partial charge in [0.2, 0.25) is 0 Å². The summed E-state index contributed by atoms with van der Waals surface area (Å²) in [5.41, 5.74) is 10.7. The third-order valence-electron chi connectivity index (χ3n) is 11.5. The van der Waals surface area contributed by atoms with Gasteiger partial charge in [0, 0.05) is 23.8 Å². The van der Waals surface area contributed by atoms with Crippen molar-refractivity contribution < 1.29 is 13.1 Å². The highest BCUT2D eigenvalue weighted by Gasteiger charge is 2.56. The smallest absolute Gasteiger partial charge is 0.393 e. The van der Waals surface area contributed by atoms with Crippen molar-refractivity contribution in [1.29, 1.82) is 0 Å². The molecule has 9 rings (SSSR count). The highest BCUT2D eigenvalue weighted by Crippen LogP contribution is 2.48. The molecule has 0 fully saturated rings. The van der Waals surface area contributed by atoms with E-state index < -0.39 is 6.97 Å². The Morgan fingerprint density at radius 2 is 1.23 bits per heavy atom. The monoisotopic (exact) mass is 630 g/mol. The molecule has 236 valence electrons. The first-order valence-corrected chi connectivity index (χ1v) is 17.2. The van der Waals surface area contributed by atoms with Gasteiger partial charge >= 0.3 is 6.97 Å². The Balaban J connectivity index is 1.28. The normalized spacial score (nSPS) is 16.0. The highest BCUT2D eigenvalue weighted by molar-refractivity contribution is 6.58. The third kappa shape index (κ3) is 3.54. The molecule has 5 heteroatoms. The minimum absolute atomic E-state index is 0.660. The predicted molar refractivity (Wildman–Crippen MR) is 200 cm³/mol. The number of nitrogens with zero attached hydrogens (tertiary/aromatic N) is 2. The van der Waals surface area contributed by atoms with E-state index in [9.17, 15) is 0 Å². The number of hydrogen-bond donors (Lipinski definition) is 0. The molecular formula is C43H37BF2N2. The van der Waals surface area contributed by atoms with Gasteiger partial charge in [-0.25, -0.2) is 0 Å². The second-order valence-corrected chi connectivity index (χ2v) is 13.7. The molecule has 48 heavy (non-hydrogen) atoms. The van der Waals surface area contributed by atoms with Crippen molar-refractivity contribution in [2.75, 3.05) is 0 Å². The van der Waals surface area contributed by atoms with Crippen LogP contribution < -0.4 is 0 Å². The molecule has 6 aromatic carbocycles. The van der Waals surface area contributed by atoms with Gasteiger partial charge in [-0.15, -0.1) is 0 Å². The van der Waals surface area contributed by atoms with Crippen LogP contribution in [0.5, 0.6) is 0 Å². The van der Waals surface area contributed by atoms with Gasteiger partial charge in [0.15, 0.2) is 5.70 Å². The largest absolute Gasteiger partial charge is 0.737 e. The molecule has 0 saturated heterocycles. The topological polar surface area (TPSA) is 7.94 Å². The molecule has 7 aromatic rings. The summed E-state index contributed by atoms with van der Waals surface area (Å²) >= 11 is 0. The number of aromatic nitrogens is 1. The van der Waals surface area contributed by atoms with Crippen LogP contribution in [0.4, 0.5) is 8.63 Å². The van der Waals surface area contributed by atoms with Crippen LogP contribution in [-0.4, -0.2) is 21.6 Å². The lowest BCUT2D eigenvalue weighted by Crippen LogP contribution is -2.51. The molecular weight excluding hydrogens is 593 g/mol. The summed E-state index contributed by atoms with van der Waals surface area (Å²) < 4.78 is 36.2. The maximum Gasteiger partial charge on any atom is 0.737 e. The van der Waals surface area contributed by atoms with Gasteiger partial charge in [-0.05, 0) is 110 Å². The van der Waals surface area contributed by atoms with Gasteiger partial charge in [-0.1, -0.05) is 105 Å². The molecule has 2 aliphatic rings. The summed E-state index contributed by atoms with van der Waals surface area (Å²) in [6, 6.07) is 33.0. The van der Waals surface area contributed by atoms with E-state index in [1.807, 2.05) is 27.7 Å². The van der Waals surface area contributed by atoms with E-state index >= 15 is 8.63 Å². The number of halogens is 2. The van der Waals surface area contributed by atoms with Crippen molar-refractivity contribution in [2.45, 2.75) is 54.4 Å². The summed E-state index contributed by atoms with van der Waals surface area (Å²) in [6.45, 7) is 7.84. The maximum atomic E-state index is 16.7. The van der Waals surface area contributed by atoms with E-state index in [-0.39, 0.29) is 0 Å². The van der Waals surface area contributed by atoms with Crippen molar-refractivity contribution >= 4 is 61.3 Å². The van der Waals surface area contributed by atoms with E-state index in [1.54, 1.807) is 0 Å². The minimum Gasteiger partial charge on any atom is -0.393 e. The van der Waals surface area contributed by atoms with Crippen molar-refractivity contribution in [3.05, 3.63) is 136 Å². The molecule has 0 unspecified atom stereocenters. The Labute approximate surface area is 279 Å². The lowest BCUT2D eigenvalue weighted by Gasteiger charge is -2.34. The Morgan fingerprint density at radius 1 is 0.646 bits per heavy atom. The molecule has 2 nitrogen and oxygen atoms in total. The number of rotatable bonds is 4. The van der Waals surface area contributed by atoms with Crippen LogP contribution in [0.1, 0.15) is 62.2 Å². The van der Waals surface area contributed by atoms with Crippen LogP contribution in [0, 0.1) is 13.8 Å². The van der Waals surface area contributed by atoms with Gasteiger partial charge < -0.3 is 17.6 Å². The Morgan fingerprint density at radius 3 is 1.88 bits per heavy atom. The van der Waals surface area contributed by atoms with Crippen molar-refractivity contribution in [1.82, 2.24) is 4.48 Å². The van der Waals surface area contributed by atoms with E-state index in [0.717, 1.165) is 39.0 Å². The van der Waals surface area contributed by atoms with Crippen LogP contribution in [0.3, 0.4) is 0 Å². The average molecular weight is 631 g/mol. The van der Waals surface area contributed by atoms with Gasteiger partial charge in [0.25, 0.3) is 0 Å². The molecule has 0 atom stereocenters. The number of hydrogen-bond acceptors (Lipinski definition) is 0. The predicted octanol–water partition coefficient (Wildman–Crippen LogP) is 11.6. The molecule has 2 aliphatic heterocycles. The SMILES string of the molecule is CCC1=C(C)C2=C(c3ccc(-c4ccc5c6cccc7cccc(c8cccc4c85)c76)cc3)c3c(C)c(CC)c(C)n3[B-](F)(F)[N+]2=C1C. The summed E-state index contributed by atoms with van der Waals surface area (Å²) in [5, 5.41) is 10.2. The van der Waals surface area contributed by atoms with Crippen LogP contribution in [-0.2, 0) is 6.42 Å². The Kier molecular flexibility index (Phi) is 6.07. The zero-order valence-electron chi connectivity index (χ0n) is 28.3. The van der Waals surface area contributed by atoms with Crippen LogP contribution in [0.2, 0.25) is 0 Å². The minimum atomic E-state index is -4.05. The Bertz CT molecular complexity index is 2580. The van der Waals surface area contributed by atoms with Gasteiger partial charge in [-0.2, -0.15) is 0 Å². The lowest BCUT2D eigenvalue weighted by molar-refractivity contribution is -0.363. The molecule has 0 N–H and O–H groups in total. The van der Waals surface area contributed by atoms with Gasteiger partial charge in [0.05, 0.1) is 5.57 Å². The summed E-state index contributed by atoms with van der Waals surface area (Å²) in [4.78, 5) is 0. The first-order chi connectivity index (χ1) is 23.2. The average Bonchev–Trinajstić information content (AvgIpc) is 3.51. The fourth-order valence-electron chi connectivity index (χ4n) is 9.47. The number of allylic oxidation sites excluding steroid dienone is 2. The maximum absolute atomic E-state index is 16.7. The fraction of sp³-hybridized carbons (Fsp3) is 0.186. The fourth-order valence-corrected chi connectivity index (χ4v) is 9.47. The molecule has 0 amide bonds. The molecule has 0 spiro atoms. The van der Waals surface area contributed by atoms with E-state index in [4.69, 9.17) is 0 Å². The second kappa shape index (κ2) is 9.99. The van der Waals surface area contributed by atoms with Crippen molar-refractivity contribution in [3.63, 3.8) is 0 Å². The van der Waals surface area contributed by atoms with E-state index in [0.29, 0.717) is 35.6 Å². The molecule has 0 bridgehead atoms. The van der Waals surface area contributed by atoms with E-state index in [1.165, 1.54) is 57.6 Å². The number of benzene rings is 6. The number of fused-ring (bicyclic) bond motifs is 4. The van der Waals surface area contributed by atoms with Crippen molar-refractivity contribution in [2.24, 2.45) is 0 Å². The zero-order valence-corrected chi connectivity index (χ0v) is 28.3. The second-order valence-electron chi connectivity index (χ2n) is 13.7. The van der Waals surface area contributed by atoms with Gasteiger partial charge in [-0.3, -0.25) is 0 Å². The first-order valence-electron chi connectivity index (χ1n) is 17.2. The van der Waals surface area contributed by atoms with Gasteiger partial charge in [0.1, 0.15) is 5.71 Å². The standard InChI is InChI=1S/C43H37BF2N2/c1-7-31-24(3)42-40(43-25(4)32(8-2)27(6)48(43)44(45,46)47(42)26(31)5)30-20-18-28(19-21-30)33-22-23-38-36-15-10-13-29-12-9-14-35(39(29)36)37-17-11-16-34(33)41(37)38/h9-23H,7-8H2,1-6H3. The highest BCUT2D eigenvalue weighted by atomic mass is 19.2. The molecule has 1 aromatic heterocycles. The quantitative estimate of drug-likeness (QED) is 0.104. The summed E-state index contributed by atoms with van der Waals surface area (Å²) in [6.07, 6.45) is 1.43. The van der Waals surface area contributed by atoms with Crippen LogP contribution in [0.15, 0.2) is 108 Å². The summed E-state index contributed by atoms with van der Waals surface area (Å²) in [5.74, 6) is 0. The molecule has 0 aliphatic carbocycles. The summed E-state index contributed by atoms with van der Waals surface area (Å²) in [7, 11) is 0. The first kappa shape index (κ1) is 29.1.